The highest BCUT2D eigenvalue weighted by Gasteiger charge is 2.14. The van der Waals surface area contributed by atoms with Crippen LogP contribution in [0.25, 0.3) is 0 Å². The quantitative estimate of drug-likeness (QED) is 0.818. The van der Waals surface area contributed by atoms with Gasteiger partial charge in [-0.05, 0) is 25.3 Å². The maximum Gasteiger partial charge on any atom is 0.215 e. The van der Waals surface area contributed by atoms with Crippen molar-refractivity contribution in [3.8, 4) is 5.88 Å². The van der Waals surface area contributed by atoms with E-state index in [1.165, 1.54) is 32.1 Å². The van der Waals surface area contributed by atoms with Crippen LogP contribution in [0.5, 0.6) is 5.88 Å². The fourth-order valence-electron chi connectivity index (χ4n) is 2.44. The predicted octanol–water partition coefficient (Wildman–Crippen LogP) is 3.47. The van der Waals surface area contributed by atoms with E-state index in [2.05, 4.69) is 10.3 Å². The molecule has 0 amide bonds. The number of hydrogen-bond donors (Lipinski definition) is 1. The molecule has 1 aliphatic carbocycles. The largest absolute Gasteiger partial charge is 0.478 e. The summed E-state index contributed by atoms with van der Waals surface area (Å²) in [5.74, 6) is 2.56. The molecule has 17 heavy (non-hydrogen) atoms. The number of anilines is 1. The van der Waals surface area contributed by atoms with Crippen molar-refractivity contribution in [2.75, 3.05) is 18.5 Å². The first-order valence-electron chi connectivity index (χ1n) is 6.72. The lowest BCUT2D eigenvalue weighted by Gasteiger charge is -2.11. The van der Waals surface area contributed by atoms with Crippen molar-refractivity contribution in [2.45, 2.75) is 39.0 Å². The highest BCUT2D eigenvalue weighted by atomic mass is 16.5. The number of pyridine rings is 1. The third kappa shape index (κ3) is 3.91. The molecule has 3 heteroatoms. The Hall–Kier alpha value is -1.25. The van der Waals surface area contributed by atoms with Gasteiger partial charge in [-0.15, -0.1) is 0 Å². The van der Waals surface area contributed by atoms with Crippen LogP contribution in [0.3, 0.4) is 0 Å². The normalized spacial score (nSPS) is 16.1. The highest BCUT2D eigenvalue weighted by Crippen LogP contribution is 2.27. The van der Waals surface area contributed by atoms with E-state index in [1.54, 1.807) is 0 Å². The van der Waals surface area contributed by atoms with Gasteiger partial charge in [0.15, 0.2) is 0 Å². The molecule has 1 aromatic heterocycles. The lowest BCUT2D eigenvalue weighted by Crippen LogP contribution is -2.08. The average molecular weight is 234 g/mol. The summed E-state index contributed by atoms with van der Waals surface area (Å²) in [5.41, 5.74) is 0. The second kappa shape index (κ2) is 6.48. The van der Waals surface area contributed by atoms with Crippen LogP contribution in [0, 0.1) is 5.92 Å². The van der Waals surface area contributed by atoms with Gasteiger partial charge in [0.25, 0.3) is 0 Å². The van der Waals surface area contributed by atoms with Crippen LogP contribution >= 0.6 is 0 Å². The van der Waals surface area contributed by atoms with Crippen molar-refractivity contribution in [2.24, 2.45) is 5.92 Å². The zero-order valence-corrected chi connectivity index (χ0v) is 10.6. The van der Waals surface area contributed by atoms with E-state index in [-0.39, 0.29) is 0 Å². The monoisotopic (exact) mass is 234 g/mol. The summed E-state index contributed by atoms with van der Waals surface area (Å²) in [6.07, 6.45) is 6.92. The number of nitrogens with zero attached hydrogens (tertiary/aromatic N) is 1. The molecule has 1 fully saturated rings. The van der Waals surface area contributed by atoms with Crippen LogP contribution in [0.15, 0.2) is 18.2 Å². The molecule has 0 bridgehead atoms. The molecule has 0 unspecified atom stereocenters. The van der Waals surface area contributed by atoms with Gasteiger partial charge in [-0.2, -0.15) is 4.98 Å². The summed E-state index contributed by atoms with van der Waals surface area (Å²) in [6.45, 7) is 3.66. The second-order valence-corrected chi connectivity index (χ2v) is 4.66. The Morgan fingerprint density at radius 3 is 2.94 bits per heavy atom. The van der Waals surface area contributed by atoms with Gasteiger partial charge in [0.05, 0.1) is 6.61 Å². The zero-order chi connectivity index (χ0) is 11.9. The smallest absolute Gasteiger partial charge is 0.215 e. The highest BCUT2D eigenvalue weighted by molar-refractivity contribution is 5.36. The van der Waals surface area contributed by atoms with E-state index in [4.69, 9.17) is 4.74 Å². The van der Waals surface area contributed by atoms with Gasteiger partial charge in [0.2, 0.25) is 5.88 Å². The third-order valence-electron chi connectivity index (χ3n) is 3.35. The first-order chi connectivity index (χ1) is 8.38. The number of rotatable bonds is 6. The summed E-state index contributed by atoms with van der Waals surface area (Å²) in [6, 6.07) is 5.87. The Labute approximate surface area is 104 Å². The molecular weight excluding hydrogens is 212 g/mol. The van der Waals surface area contributed by atoms with Crippen molar-refractivity contribution < 1.29 is 4.74 Å². The summed E-state index contributed by atoms with van der Waals surface area (Å²) in [5, 5.41) is 3.38. The van der Waals surface area contributed by atoms with Crippen LogP contribution in [0.4, 0.5) is 5.82 Å². The number of aromatic nitrogens is 1. The van der Waals surface area contributed by atoms with Gasteiger partial charge in [-0.1, -0.05) is 31.7 Å². The van der Waals surface area contributed by atoms with Gasteiger partial charge in [0, 0.05) is 12.6 Å². The molecule has 1 aliphatic rings. The molecular formula is C14H22N2O. The average Bonchev–Trinajstić information content (AvgIpc) is 2.83. The van der Waals surface area contributed by atoms with E-state index in [0.717, 1.165) is 18.3 Å². The molecule has 0 radical (unpaired) electrons. The lowest BCUT2D eigenvalue weighted by molar-refractivity contribution is 0.327. The molecule has 2 rings (SSSR count). The van der Waals surface area contributed by atoms with Crippen molar-refractivity contribution in [1.82, 2.24) is 4.98 Å². The van der Waals surface area contributed by atoms with Crippen LogP contribution in [-0.2, 0) is 0 Å². The molecule has 0 aromatic carbocycles. The molecule has 1 heterocycles. The SMILES string of the molecule is CCOc1cccc(NCCC2CCCC2)n1. The van der Waals surface area contributed by atoms with Gasteiger partial charge >= 0.3 is 0 Å². The molecule has 3 nitrogen and oxygen atoms in total. The summed E-state index contributed by atoms with van der Waals surface area (Å²) >= 11 is 0. The van der Waals surface area contributed by atoms with Gasteiger partial charge in [-0.3, -0.25) is 0 Å². The summed E-state index contributed by atoms with van der Waals surface area (Å²) < 4.78 is 5.38. The molecule has 0 saturated heterocycles. The fraction of sp³-hybridized carbons (Fsp3) is 0.643. The lowest BCUT2D eigenvalue weighted by atomic mass is 10.0. The summed E-state index contributed by atoms with van der Waals surface area (Å²) in [4.78, 5) is 4.39. The Bertz CT molecular complexity index is 335. The van der Waals surface area contributed by atoms with Crippen LogP contribution in [0.2, 0.25) is 0 Å². The van der Waals surface area contributed by atoms with Crippen molar-refractivity contribution in [3.63, 3.8) is 0 Å². The Morgan fingerprint density at radius 2 is 2.18 bits per heavy atom. The molecule has 0 spiro atoms. The molecule has 0 aliphatic heterocycles. The van der Waals surface area contributed by atoms with E-state index in [0.29, 0.717) is 12.5 Å². The van der Waals surface area contributed by atoms with Crippen molar-refractivity contribution in [3.05, 3.63) is 18.2 Å². The van der Waals surface area contributed by atoms with Crippen LogP contribution < -0.4 is 10.1 Å². The standard InChI is InChI=1S/C14H22N2O/c1-2-17-14-9-5-8-13(16-14)15-11-10-12-6-3-4-7-12/h5,8-9,12H,2-4,6-7,10-11H2,1H3,(H,15,16). The third-order valence-corrected chi connectivity index (χ3v) is 3.35. The number of ether oxygens (including phenoxy) is 1. The molecule has 94 valence electrons. The minimum atomic E-state index is 0.665. The molecule has 1 saturated carbocycles. The van der Waals surface area contributed by atoms with Crippen molar-refractivity contribution >= 4 is 5.82 Å². The van der Waals surface area contributed by atoms with Crippen LogP contribution in [0.1, 0.15) is 39.0 Å². The Kier molecular flexibility index (Phi) is 4.65. The second-order valence-electron chi connectivity index (χ2n) is 4.66. The minimum absolute atomic E-state index is 0.665. The van der Waals surface area contributed by atoms with Crippen LogP contribution in [-0.4, -0.2) is 18.1 Å². The van der Waals surface area contributed by atoms with E-state index in [1.807, 2.05) is 25.1 Å². The van der Waals surface area contributed by atoms with E-state index >= 15 is 0 Å². The first kappa shape index (κ1) is 12.2. The van der Waals surface area contributed by atoms with E-state index < -0.39 is 0 Å². The van der Waals surface area contributed by atoms with E-state index in [9.17, 15) is 0 Å². The fourth-order valence-corrected chi connectivity index (χ4v) is 2.44. The maximum absolute atomic E-state index is 5.38. The first-order valence-corrected chi connectivity index (χ1v) is 6.72. The van der Waals surface area contributed by atoms with Gasteiger partial charge in [0.1, 0.15) is 5.82 Å². The summed E-state index contributed by atoms with van der Waals surface area (Å²) in [7, 11) is 0. The van der Waals surface area contributed by atoms with Gasteiger partial charge < -0.3 is 10.1 Å². The topological polar surface area (TPSA) is 34.1 Å². The zero-order valence-electron chi connectivity index (χ0n) is 10.6. The molecule has 1 N–H and O–H groups in total. The molecule has 0 atom stereocenters. The Morgan fingerprint density at radius 1 is 1.35 bits per heavy atom. The number of nitrogens with one attached hydrogen (secondary N) is 1. The van der Waals surface area contributed by atoms with Crippen molar-refractivity contribution in [1.29, 1.82) is 0 Å². The predicted molar refractivity (Wildman–Crippen MR) is 70.5 cm³/mol. The molecule has 1 aromatic rings. The van der Waals surface area contributed by atoms with Gasteiger partial charge in [-0.25, -0.2) is 0 Å². The minimum Gasteiger partial charge on any atom is -0.478 e. The number of hydrogen-bond acceptors (Lipinski definition) is 3. The Balaban J connectivity index is 1.75. The maximum atomic E-state index is 5.38.